The van der Waals surface area contributed by atoms with Gasteiger partial charge < -0.3 is 5.11 Å². The van der Waals surface area contributed by atoms with E-state index in [1.807, 2.05) is 6.07 Å². The van der Waals surface area contributed by atoms with Gasteiger partial charge in [-0.3, -0.25) is 0 Å². The van der Waals surface area contributed by atoms with E-state index in [2.05, 4.69) is 34.1 Å². The van der Waals surface area contributed by atoms with Crippen molar-refractivity contribution in [2.45, 2.75) is 38.5 Å². The van der Waals surface area contributed by atoms with E-state index in [0.717, 1.165) is 6.42 Å². The van der Waals surface area contributed by atoms with Crippen LogP contribution in [-0.2, 0) is 6.42 Å². The largest absolute Gasteiger partial charge is 0.396 e. The molecule has 0 amide bonds. The van der Waals surface area contributed by atoms with Crippen molar-refractivity contribution in [1.82, 2.24) is 0 Å². The van der Waals surface area contributed by atoms with Gasteiger partial charge in [-0.15, -0.1) is 0 Å². The number of benzene rings is 1. The molecule has 1 aliphatic rings. The van der Waals surface area contributed by atoms with Gasteiger partial charge >= 0.3 is 0 Å². The first kappa shape index (κ1) is 12.1. The zero-order chi connectivity index (χ0) is 11.4. The summed E-state index contributed by atoms with van der Waals surface area (Å²) in [7, 11) is 0. The molecule has 1 aliphatic carbocycles. The number of aliphatic hydroxyl groups excluding tert-OH is 1. The van der Waals surface area contributed by atoms with E-state index in [1.165, 1.54) is 42.1 Å². The molecule has 1 saturated carbocycles. The Labute approximate surface area is 106 Å². The summed E-state index contributed by atoms with van der Waals surface area (Å²) in [6.45, 7) is 0.328. The molecule has 0 radical (unpaired) electrons. The normalized spacial score (nSPS) is 19.6. The molecule has 1 fully saturated rings. The fourth-order valence-electron chi connectivity index (χ4n) is 2.74. The van der Waals surface area contributed by atoms with Crippen LogP contribution in [0.15, 0.2) is 28.7 Å². The van der Waals surface area contributed by atoms with Crippen LogP contribution in [0.5, 0.6) is 0 Å². The minimum atomic E-state index is 0.141. The second kappa shape index (κ2) is 5.33. The molecule has 0 atom stereocenters. The van der Waals surface area contributed by atoms with Gasteiger partial charge in [0.1, 0.15) is 0 Å². The molecular weight excluding hydrogens is 264 g/mol. The third-order valence-corrected chi connectivity index (χ3v) is 4.55. The lowest BCUT2D eigenvalue weighted by molar-refractivity contribution is 0.0822. The van der Waals surface area contributed by atoms with E-state index < -0.39 is 0 Å². The third-order valence-electron chi connectivity index (χ3n) is 3.77. The van der Waals surface area contributed by atoms with Crippen molar-refractivity contribution in [1.29, 1.82) is 0 Å². The first-order valence-corrected chi connectivity index (χ1v) is 6.89. The van der Waals surface area contributed by atoms with E-state index in [-0.39, 0.29) is 5.41 Å². The van der Waals surface area contributed by atoms with Crippen molar-refractivity contribution < 1.29 is 5.11 Å². The standard InChI is InChI=1S/C14H19BrO/c15-13-7-3-2-6-12(13)10-14(11-16)8-4-1-5-9-14/h2-3,6-7,16H,1,4-5,8-11H2. The van der Waals surface area contributed by atoms with Crippen molar-refractivity contribution in [3.8, 4) is 0 Å². The zero-order valence-corrected chi connectivity index (χ0v) is 11.2. The first-order valence-electron chi connectivity index (χ1n) is 6.10. The summed E-state index contributed by atoms with van der Waals surface area (Å²) in [6.07, 6.45) is 7.22. The number of rotatable bonds is 3. The molecular formula is C14H19BrO. The topological polar surface area (TPSA) is 20.2 Å². The summed E-state index contributed by atoms with van der Waals surface area (Å²) >= 11 is 3.59. The smallest absolute Gasteiger partial charge is 0.0490 e. The quantitative estimate of drug-likeness (QED) is 0.891. The summed E-state index contributed by atoms with van der Waals surface area (Å²) in [5, 5.41) is 9.68. The Morgan fingerprint density at radius 2 is 1.81 bits per heavy atom. The van der Waals surface area contributed by atoms with Crippen molar-refractivity contribution in [2.24, 2.45) is 5.41 Å². The molecule has 0 spiro atoms. The highest BCUT2D eigenvalue weighted by Crippen LogP contribution is 2.39. The van der Waals surface area contributed by atoms with Crippen molar-refractivity contribution >= 4 is 15.9 Å². The number of hydrogen-bond acceptors (Lipinski definition) is 1. The van der Waals surface area contributed by atoms with E-state index in [1.54, 1.807) is 0 Å². The summed E-state index contributed by atoms with van der Waals surface area (Å²) < 4.78 is 1.17. The zero-order valence-electron chi connectivity index (χ0n) is 9.58. The van der Waals surface area contributed by atoms with Gasteiger partial charge in [-0.25, -0.2) is 0 Å². The van der Waals surface area contributed by atoms with Crippen LogP contribution >= 0.6 is 15.9 Å². The van der Waals surface area contributed by atoms with Crippen LogP contribution in [0.4, 0.5) is 0 Å². The molecule has 16 heavy (non-hydrogen) atoms. The molecule has 0 aliphatic heterocycles. The first-order chi connectivity index (χ1) is 7.76. The summed E-state index contributed by atoms with van der Waals surface area (Å²) in [5.74, 6) is 0. The molecule has 0 heterocycles. The van der Waals surface area contributed by atoms with Crippen LogP contribution in [0.1, 0.15) is 37.7 Å². The Morgan fingerprint density at radius 3 is 2.44 bits per heavy atom. The van der Waals surface area contributed by atoms with Crippen molar-refractivity contribution in [2.75, 3.05) is 6.61 Å². The lowest BCUT2D eigenvalue weighted by atomic mass is 9.71. The molecule has 1 N–H and O–H groups in total. The predicted molar refractivity (Wildman–Crippen MR) is 70.4 cm³/mol. The van der Waals surface area contributed by atoms with E-state index in [4.69, 9.17) is 0 Å². The van der Waals surface area contributed by atoms with Crippen LogP contribution in [-0.4, -0.2) is 11.7 Å². The number of hydrogen-bond donors (Lipinski definition) is 1. The fourth-order valence-corrected chi connectivity index (χ4v) is 3.16. The Morgan fingerprint density at radius 1 is 1.12 bits per heavy atom. The maximum atomic E-state index is 9.68. The summed E-state index contributed by atoms with van der Waals surface area (Å²) in [4.78, 5) is 0. The highest BCUT2D eigenvalue weighted by Gasteiger charge is 2.31. The van der Waals surface area contributed by atoms with Crippen LogP contribution < -0.4 is 0 Å². The van der Waals surface area contributed by atoms with E-state index >= 15 is 0 Å². The van der Waals surface area contributed by atoms with Gasteiger partial charge in [-0.1, -0.05) is 53.4 Å². The van der Waals surface area contributed by atoms with Gasteiger partial charge in [-0.05, 0) is 36.3 Å². The SMILES string of the molecule is OCC1(Cc2ccccc2Br)CCCCC1. The van der Waals surface area contributed by atoms with Gasteiger partial charge in [0, 0.05) is 11.1 Å². The Balaban J connectivity index is 2.15. The Hall–Kier alpha value is -0.340. The molecule has 0 saturated heterocycles. The fraction of sp³-hybridized carbons (Fsp3) is 0.571. The Kier molecular flexibility index (Phi) is 4.04. The van der Waals surface area contributed by atoms with Crippen LogP contribution in [0.2, 0.25) is 0 Å². The molecule has 1 aromatic carbocycles. The summed E-state index contributed by atoms with van der Waals surface area (Å²) in [5.41, 5.74) is 1.47. The molecule has 2 rings (SSSR count). The monoisotopic (exact) mass is 282 g/mol. The third kappa shape index (κ3) is 2.67. The van der Waals surface area contributed by atoms with E-state index in [9.17, 15) is 5.11 Å². The molecule has 2 heteroatoms. The predicted octanol–water partition coefficient (Wildman–Crippen LogP) is 3.93. The maximum absolute atomic E-state index is 9.68. The minimum absolute atomic E-state index is 0.141. The average molecular weight is 283 g/mol. The lowest BCUT2D eigenvalue weighted by Crippen LogP contribution is -2.30. The highest BCUT2D eigenvalue weighted by molar-refractivity contribution is 9.10. The van der Waals surface area contributed by atoms with Gasteiger partial charge in [0.05, 0.1) is 0 Å². The molecule has 0 unspecified atom stereocenters. The van der Waals surface area contributed by atoms with E-state index in [0.29, 0.717) is 6.61 Å². The van der Waals surface area contributed by atoms with Gasteiger partial charge in [-0.2, -0.15) is 0 Å². The average Bonchev–Trinajstić information content (AvgIpc) is 2.33. The van der Waals surface area contributed by atoms with Gasteiger partial charge in [0.15, 0.2) is 0 Å². The number of halogens is 1. The van der Waals surface area contributed by atoms with Crippen molar-refractivity contribution in [3.05, 3.63) is 34.3 Å². The lowest BCUT2D eigenvalue weighted by Gasteiger charge is -2.36. The van der Waals surface area contributed by atoms with Crippen LogP contribution in [0, 0.1) is 5.41 Å². The van der Waals surface area contributed by atoms with Crippen LogP contribution in [0.3, 0.4) is 0 Å². The molecule has 88 valence electrons. The van der Waals surface area contributed by atoms with Crippen LogP contribution in [0.25, 0.3) is 0 Å². The minimum Gasteiger partial charge on any atom is -0.396 e. The molecule has 1 aromatic rings. The summed E-state index contributed by atoms with van der Waals surface area (Å²) in [6, 6.07) is 8.37. The van der Waals surface area contributed by atoms with Gasteiger partial charge in [0.25, 0.3) is 0 Å². The Bertz CT molecular complexity index is 342. The molecule has 1 nitrogen and oxygen atoms in total. The number of aliphatic hydroxyl groups is 1. The van der Waals surface area contributed by atoms with Gasteiger partial charge in [0.2, 0.25) is 0 Å². The molecule has 0 aromatic heterocycles. The highest BCUT2D eigenvalue weighted by atomic mass is 79.9. The second-order valence-corrected chi connectivity index (χ2v) is 5.84. The molecule has 0 bridgehead atoms. The maximum Gasteiger partial charge on any atom is 0.0490 e. The second-order valence-electron chi connectivity index (χ2n) is 4.99. The van der Waals surface area contributed by atoms with Crippen molar-refractivity contribution in [3.63, 3.8) is 0 Å².